The summed E-state index contributed by atoms with van der Waals surface area (Å²) in [6, 6.07) is 2.24. The lowest BCUT2D eigenvalue weighted by Gasteiger charge is -2.24. The van der Waals surface area contributed by atoms with E-state index >= 15 is 0 Å². The van der Waals surface area contributed by atoms with Gasteiger partial charge in [-0.15, -0.1) is 0 Å². The molecule has 1 atom stereocenters. The van der Waals surface area contributed by atoms with E-state index in [0.29, 0.717) is 24.0 Å². The predicted molar refractivity (Wildman–Crippen MR) is 70.4 cm³/mol. The molecule has 0 spiro atoms. The first-order valence-electron chi connectivity index (χ1n) is 5.98. The monoisotopic (exact) mass is 282 g/mol. The van der Waals surface area contributed by atoms with Crippen LogP contribution in [-0.2, 0) is 4.79 Å². The maximum absolute atomic E-state index is 13.6. The average molecular weight is 283 g/mol. The number of fused-ring (bicyclic) bond motifs is 1. The van der Waals surface area contributed by atoms with Crippen molar-refractivity contribution in [1.29, 1.82) is 0 Å². The molecule has 1 aromatic heterocycles. The quantitative estimate of drug-likeness (QED) is 0.838. The van der Waals surface area contributed by atoms with Gasteiger partial charge in [0.2, 0.25) is 11.9 Å². The maximum Gasteiger partial charge on any atom is 0.243 e. The summed E-state index contributed by atoms with van der Waals surface area (Å²) in [5.74, 6) is -0.474. The molecule has 0 radical (unpaired) electrons. The summed E-state index contributed by atoms with van der Waals surface area (Å²) in [6.45, 7) is 0.655. The predicted octanol–water partition coefficient (Wildman–Crippen LogP) is 1.86. The number of hydrogen-bond donors (Lipinski definition) is 2. The number of imidazole rings is 1. The van der Waals surface area contributed by atoms with E-state index < -0.39 is 11.9 Å². The number of benzene rings is 1. The molecular weight excluding hydrogens is 271 g/mol. The Hall–Kier alpha value is -1.82. The zero-order chi connectivity index (χ0) is 13.6. The van der Waals surface area contributed by atoms with Crippen molar-refractivity contribution in [2.24, 2.45) is 0 Å². The fourth-order valence-electron chi connectivity index (χ4n) is 2.44. The lowest BCUT2D eigenvalue weighted by molar-refractivity contribution is -0.125. The van der Waals surface area contributed by atoms with Crippen LogP contribution < -0.4 is 11.1 Å². The third kappa shape index (κ3) is 1.92. The fourth-order valence-corrected chi connectivity index (χ4v) is 2.60. The molecule has 7 heteroatoms. The number of nitrogens with zero attached hydrogens (tertiary/aromatic N) is 2. The number of amides is 1. The van der Waals surface area contributed by atoms with Crippen molar-refractivity contribution in [3.05, 3.63) is 23.0 Å². The van der Waals surface area contributed by atoms with E-state index in [2.05, 4.69) is 10.3 Å². The topological polar surface area (TPSA) is 72.9 Å². The van der Waals surface area contributed by atoms with E-state index in [1.807, 2.05) is 0 Å². The molecule has 1 aliphatic heterocycles. The highest BCUT2D eigenvalue weighted by molar-refractivity contribution is 6.31. The molecule has 19 heavy (non-hydrogen) atoms. The van der Waals surface area contributed by atoms with Crippen molar-refractivity contribution in [2.75, 3.05) is 12.3 Å². The molecule has 1 aromatic carbocycles. The molecule has 0 aliphatic carbocycles. The number of nitrogens with one attached hydrogen (secondary N) is 1. The lowest BCUT2D eigenvalue weighted by atomic mass is 10.1. The average Bonchev–Trinajstić information content (AvgIpc) is 2.66. The molecule has 3 rings (SSSR count). The number of anilines is 1. The highest BCUT2D eigenvalue weighted by Crippen LogP contribution is 2.30. The van der Waals surface area contributed by atoms with Gasteiger partial charge in [-0.25, -0.2) is 9.37 Å². The van der Waals surface area contributed by atoms with E-state index in [1.54, 1.807) is 4.57 Å². The molecule has 0 saturated carbocycles. The molecule has 1 saturated heterocycles. The number of nitrogens with two attached hydrogens (primary N) is 1. The Morgan fingerprint density at radius 3 is 3.05 bits per heavy atom. The highest BCUT2D eigenvalue weighted by atomic mass is 35.5. The first kappa shape index (κ1) is 12.2. The first-order valence-corrected chi connectivity index (χ1v) is 6.36. The maximum atomic E-state index is 13.6. The summed E-state index contributed by atoms with van der Waals surface area (Å²) in [5, 5.41) is 2.77. The summed E-state index contributed by atoms with van der Waals surface area (Å²) in [7, 11) is 0. The zero-order valence-corrected chi connectivity index (χ0v) is 10.7. The van der Waals surface area contributed by atoms with Crippen LogP contribution in [0.5, 0.6) is 0 Å². The van der Waals surface area contributed by atoms with Crippen molar-refractivity contribution in [2.45, 2.75) is 18.9 Å². The van der Waals surface area contributed by atoms with Crippen LogP contribution in [0.15, 0.2) is 12.1 Å². The van der Waals surface area contributed by atoms with Crippen LogP contribution in [0.2, 0.25) is 5.02 Å². The minimum Gasteiger partial charge on any atom is -0.369 e. The van der Waals surface area contributed by atoms with Gasteiger partial charge in [0.25, 0.3) is 0 Å². The molecule has 1 fully saturated rings. The Bertz CT molecular complexity index is 669. The first-order chi connectivity index (χ1) is 9.08. The molecule has 1 unspecified atom stereocenters. The summed E-state index contributed by atoms with van der Waals surface area (Å²) in [4.78, 5) is 16.0. The van der Waals surface area contributed by atoms with Crippen LogP contribution in [0.4, 0.5) is 10.3 Å². The molecule has 1 aliphatic rings. The van der Waals surface area contributed by atoms with Crippen molar-refractivity contribution in [1.82, 2.24) is 14.9 Å². The summed E-state index contributed by atoms with van der Waals surface area (Å²) in [6.07, 6.45) is 1.51. The van der Waals surface area contributed by atoms with E-state index in [-0.39, 0.29) is 16.9 Å². The number of nitrogen functional groups attached to an aromatic ring is 1. The minimum atomic E-state index is -0.550. The van der Waals surface area contributed by atoms with Crippen LogP contribution in [0, 0.1) is 5.82 Å². The highest BCUT2D eigenvalue weighted by Gasteiger charge is 2.27. The van der Waals surface area contributed by atoms with Crippen LogP contribution >= 0.6 is 11.6 Å². The van der Waals surface area contributed by atoms with Gasteiger partial charge in [-0.3, -0.25) is 9.36 Å². The van der Waals surface area contributed by atoms with Gasteiger partial charge in [0, 0.05) is 12.6 Å². The molecule has 0 bridgehead atoms. The van der Waals surface area contributed by atoms with Crippen LogP contribution in [-0.4, -0.2) is 22.0 Å². The summed E-state index contributed by atoms with van der Waals surface area (Å²) < 4.78 is 15.2. The largest absolute Gasteiger partial charge is 0.369 e. The standard InChI is InChI=1S/C12H12ClFN4O/c13-6-4-8-10(5-7(6)14)18(12(15)17-8)9-2-1-3-16-11(9)19/h4-5,9H,1-3H2,(H2,15,17)(H,16,19). The second-order valence-corrected chi connectivity index (χ2v) is 4.95. The minimum absolute atomic E-state index is 0.00903. The Labute approximate surface area is 113 Å². The van der Waals surface area contributed by atoms with E-state index in [0.717, 1.165) is 6.42 Å². The van der Waals surface area contributed by atoms with Crippen molar-refractivity contribution in [3.63, 3.8) is 0 Å². The Kier molecular flexibility index (Phi) is 2.82. The van der Waals surface area contributed by atoms with Gasteiger partial charge in [-0.1, -0.05) is 11.6 Å². The van der Waals surface area contributed by atoms with Gasteiger partial charge in [-0.05, 0) is 18.9 Å². The number of carbonyl (C=O) groups is 1. The Morgan fingerprint density at radius 1 is 1.53 bits per heavy atom. The number of aromatic nitrogens is 2. The number of hydrogen-bond acceptors (Lipinski definition) is 3. The summed E-state index contributed by atoms with van der Waals surface area (Å²) >= 11 is 5.72. The normalized spacial score (nSPS) is 19.7. The SMILES string of the molecule is Nc1nc2cc(Cl)c(F)cc2n1C1CCCNC1=O. The van der Waals surface area contributed by atoms with Crippen molar-refractivity contribution in [3.8, 4) is 0 Å². The number of carbonyl (C=O) groups excluding carboxylic acids is 1. The third-order valence-corrected chi connectivity index (χ3v) is 3.62. The Morgan fingerprint density at radius 2 is 2.32 bits per heavy atom. The van der Waals surface area contributed by atoms with Crippen molar-refractivity contribution >= 4 is 34.5 Å². The zero-order valence-electron chi connectivity index (χ0n) is 9.99. The number of piperidine rings is 1. The van der Waals surface area contributed by atoms with E-state index in [4.69, 9.17) is 17.3 Å². The molecule has 1 amide bonds. The molecular formula is C12H12ClFN4O. The van der Waals surface area contributed by atoms with Gasteiger partial charge in [0.05, 0.1) is 16.1 Å². The summed E-state index contributed by atoms with van der Waals surface area (Å²) in [5.41, 5.74) is 6.83. The molecule has 3 N–H and O–H groups in total. The smallest absolute Gasteiger partial charge is 0.243 e. The van der Waals surface area contributed by atoms with E-state index in [1.165, 1.54) is 12.1 Å². The Balaban J connectivity index is 2.19. The number of rotatable bonds is 1. The fraction of sp³-hybridized carbons (Fsp3) is 0.333. The lowest BCUT2D eigenvalue weighted by Crippen LogP contribution is -2.38. The van der Waals surface area contributed by atoms with Gasteiger partial charge in [0.1, 0.15) is 11.9 Å². The van der Waals surface area contributed by atoms with Gasteiger partial charge < -0.3 is 11.1 Å². The van der Waals surface area contributed by atoms with Gasteiger partial charge >= 0.3 is 0 Å². The second kappa shape index (κ2) is 4.38. The van der Waals surface area contributed by atoms with Crippen LogP contribution in [0.1, 0.15) is 18.9 Å². The molecule has 5 nitrogen and oxygen atoms in total. The molecule has 2 aromatic rings. The van der Waals surface area contributed by atoms with Crippen LogP contribution in [0.3, 0.4) is 0 Å². The molecule has 100 valence electrons. The third-order valence-electron chi connectivity index (χ3n) is 3.33. The van der Waals surface area contributed by atoms with Gasteiger partial charge in [0.15, 0.2) is 0 Å². The van der Waals surface area contributed by atoms with E-state index in [9.17, 15) is 9.18 Å². The van der Waals surface area contributed by atoms with Crippen molar-refractivity contribution < 1.29 is 9.18 Å². The van der Waals surface area contributed by atoms with Crippen LogP contribution in [0.25, 0.3) is 11.0 Å². The second-order valence-electron chi connectivity index (χ2n) is 4.54. The number of halogens is 2. The van der Waals surface area contributed by atoms with Gasteiger partial charge in [-0.2, -0.15) is 0 Å². The molecule has 2 heterocycles.